The van der Waals surface area contributed by atoms with Gasteiger partial charge in [0.1, 0.15) is 12.1 Å². The molecule has 0 bridgehead atoms. The normalized spacial score (nSPS) is 9.00. The van der Waals surface area contributed by atoms with Gasteiger partial charge in [-0.15, -0.1) is 0 Å². The summed E-state index contributed by atoms with van der Waals surface area (Å²) in [4.78, 5) is 10.3. The van der Waals surface area contributed by atoms with Crippen molar-refractivity contribution in [3.63, 3.8) is 0 Å². The molecule has 0 saturated heterocycles. The SMILES string of the molecule is CNCC#Cc1ccc(C=O)cc1F. The van der Waals surface area contributed by atoms with Gasteiger partial charge in [-0.2, -0.15) is 0 Å². The number of aldehydes is 1. The second-order valence-electron chi connectivity index (χ2n) is 2.69. The number of benzene rings is 1. The van der Waals surface area contributed by atoms with Gasteiger partial charge in [0.2, 0.25) is 0 Å². The smallest absolute Gasteiger partial charge is 0.150 e. The van der Waals surface area contributed by atoms with Crippen molar-refractivity contribution in [3.05, 3.63) is 35.1 Å². The fourth-order valence-corrected chi connectivity index (χ4v) is 0.934. The Balaban J connectivity index is 2.90. The summed E-state index contributed by atoms with van der Waals surface area (Å²) in [6, 6.07) is 4.22. The maximum atomic E-state index is 13.2. The third-order valence-corrected chi connectivity index (χ3v) is 1.62. The molecule has 0 spiro atoms. The average Bonchev–Trinajstić information content (AvgIpc) is 2.20. The van der Waals surface area contributed by atoms with E-state index in [-0.39, 0.29) is 0 Å². The Morgan fingerprint density at radius 3 is 2.93 bits per heavy atom. The van der Waals surface area contributed by atoms with Crippen molar-refractivity contribution < 1.29 is 9.18 Å². The largest absolute Gasteiger partial charge is 0.309 e. The molecule has 0 atom stereocenters. The summed E-state index contributed by atoms with van der Waals surface area (Å²) in [5.74, 6) is 4.94. The zero-order valence-corrected chi connectivity index (χ0v) is 7.80. The van der Waals surface area contributed by atoms with Crippen LogP contribution in [0.3, 0.4) is 0 Å². The number of rotatable bonds is 2. The van der Waals surface area contributed by atoms with Crippen LogP contribution in [0.15, 0.2) is 18.2 Å². The van der Waals surface area contributed by atoms with E-state index in [1.54, 1.807) is 13.1 Å². The molecule has 0 radical (unpaired) electrons. The van der Waals surface area contributed by atoms with E-state index in [1.165, 1.54) is 12.1 Å². The first kappa shape index (κ1) is 10.4. The second kappa shape index (κ2) is 5.15. The van der Waals surface area contributed by atoms with Gasteiger partial charge in [-0.05, 0) is 19.2 Å². The van der Waals surface area contributed by atoms with Crippen molar-refractivity contribution in [3.8, 4) is 11.8 Å². The van der Waals surface area contributed by atoms with Crippen LogP contribution in [0, 0.1) is 17.7 Å². The summed E-state index contributed by atoms with van der Waals surface area (Å²) >= 11 is 0. The molecule has 0 unspecified atom stereocenters. The minimum Gasteiger partial charge on any atom is -0.309 e. The predicted molar refractivity (Wildman–Crippen MR) is 52.6 cm³/mol. The lowest BCUT2D eigenvalue weighted by atomic mass is 10.1. The fourth-order valence-electron chi connectivity index (χ4n) is 0.934. The zero-order valence-electron chi connectivity index (χ0n) is 7.80. The molecule has 1 aromatic rings. The van der Waals surface area contributed by atoms with E-state index in [2.05, 4.69) is 17.2 Å². The molecule has 1 rings (SSSR count). The molecule has 0 fully saturated rings. The number of carbonyl (C=O) groups excluding carboxylic acids is 1. The first-order valence-corrected chi connectivity index (χ1v) is 4.16. The number of nitrogens with one attached hydrogen (secondary N) is 1. The Labute approximate surface area is 82.1 Å². The summed E-state index contributed by atoms with van der Waals surface area (Å²) < 4.78 is 13.2. The Morgan fingerprint density at radius 2 is 2.36 bits per heavy atom. The molecule has 1 aromatic carbocycles. The summed E-state index contributed by atoms with van der Waals surface area (Å²) in [6.07, 6.45) is 0.605. The predicted octanol–water partition coefficient (Wildman–Crippen LogP) is 1.21. The maximum absolute atomic E-state index is 13.2. The van der Waals surface area contributed by atoms with E-state index in [0.29, 0.717) is 24.0 Å². The van der Waals surface area contributed by atoms with Crippen LogP contribution >= 0.6 is 0 Å². The van der Waals surface area contributed by atoms with E-state index >= 15 is 0 Å². The first-order valence-electron chi connectivity index (χ1n) is 4.16. The van der Waals surface area contributed by atoms with Crippen molar-refractivity contribution in [1.82, 2.24) is 5.32 Å². The number of halogens is 1. The lowest BCUT2D eigenvalue weighted by Gasteiger charge is -1.94. The third-order valence-electron chi connectivity index (χ3n) is 1.62. The van der Waals surface area contributed by atoms with Crippen LogP contribution in [0.2, 0.25) is 0 Å². The number of hydrogen-bond acceptors (Lipinski definition) is 2. The van der Waals surface area contributed by atoms with Crippen molar-refractivity contribution in [2.24, 2.45) is 0 Å². The summed E-state index contributed by atoms with van der Waals surface area (Å²) in [5, 5.41) is 2.83. The summed E-state index contributed by atoms with van der Waals surface area (Å²) in [6.45, 7) is 0.509. The molecular weight excluding hydrogens is 181 g/mol. The van der Waals surface area contributed by atoms with E-state index in [1.807, 2.05) is 0 Å². The fraction of sp³-hybridized carbons (Fsp3) is 0.182. The van der Waals surface area contributed by atoms with Crippen molar-refractivity contribution in [1.29, 1.82) is 0 Å². The van der Waals surface area contributed by atoms with Crippen molar-refractivity contribution in [2.75, 3.05) is 13.6 Å². The molecule has 0 saturated carbocycles. The van der Waals surface area contributed by atoms with Gasteiger partial charge in [0.15, 0.2) is 0 Å². The van der Waals surface area contributed by atoms with Gasteiger partial charge < -0.3 is 5.32 Å². The van der Waals surface area contributed by atoms with E-state index < -0.39 is 5.82 Å². The average molecular weight is 191 g/mol. The highest BCUT2D eigenvalue weighted by molar-refractivity contribution is 5.75. The molecule has 72 valence electrons. The van der Waals surface area contributed by atoms with E-state index in [0.717, 1.165) is 0 Å². The molecule has 0 aliphatic rings. The Bertz CT molecular complexity index is 390. The maximum Gasteiger partial charge on any atom is 0.150 e. The Hall–Kier alpha value is -1.66. The Kier molecular flexibility index (Phi) is 3.84. The van der Waals surface area contributed by atoms with Crippen LogP contribution in [0.1, 0.15) is 15.9 Å². The first-order chi connectivity index (χ1) is 6.77. The molecule has 0 aliphatic heterocycles. The zero-order chi connectivity index (χ0) is 10.4. The van der Waals surface area contributed by atoms with Crippen LogP contribution in [0.25, 0.3) is 0 Å². The molecule has 0 aromatic heterocycles. The second-order valence-corrected chi connectivity index (χ2v) is 2.69. The van der Waals surface area contributed by atoms with Gasteiger partial charge in [0, 0.05) is 5.56 Å². The van der Waals surface area contributed by atoms with Gasteiger partial charge in [0.25, 0.3) is 0 Å². The topological polar surface area (TPSA) is 29.1 Å². The highest BCUT2D eigenvalue weighted by Crippen LogP contribution is 2.07. The third kappa shape index (κ3) is 2.68. The minimum atomic E-state index is -0.460. The van der Waals surface area contributed by atoms with Gasteiger partial charge >= 0.3 is 0 Å². The molecule has 0 amide bonds. The number of carbonyl (C=O) groups is 1. The molecule has 0 aliphatic carbocycles. The van der Waals surface area contributed by atoms with Crippen LogP contribution in [0.4, 0.5) is 4.39 Å². The van der Waals surface area contributed by atoms with E-state index in [9.17, 15) is 9.18 Å². The molecule has 3 heteroatoms. The molecule has 14 heavy (non-hydrogen) atoms. The van der Waals surface area contributed by atoms with Crippen LogP contribution in [0.5, 0.6) is 0 Å². The van der Waals surface area contributed by atoms with Crippen molar-refractivity contribution >= 4 is 6.29 Å². The van der Waals surface area contributed by atoms with Gasteiger partial charge in [0.05, 0.1) is 12.1 Å². The molecular formula is C11H10FNO. The minimum absolute atomic E-state index is 0.311. The quantitative estimate of drug-likeness (QED) is 0.562. The molecule has 0 heterocycles. The monoisotopic (exact) mass is 191 g/mol. The lowest BCUT2D eigenvalue weighted by molar-refractivity contribution is 0.112. The van der Waals surface area contributed by atoms with Crippen LogP contribution < -0.4 is 5.32 Å². The van der Waals surface area contributed by atoms with Crippen LogP contribution in [-0.4, -0.2) is 19.9 Å². The van der Waals surface area contributed by atoms with Gasteiger partial charge in [-0.1, -0.05) is 17.9 Å². The van der Waals surface area contributed by atoms with Gasteiger partial charge in [-0.25, -0.2) is 4.39 Å². The van der Waals surface area contributed by atoms with Crippen molar-refractivity contribution in [2.45, 2.75) is 0 Å². The van der Waals surface area contributed by atoms with Gasteiger partial charge in [-0.3, -0.25) is 4.79 Å². The Morgan fingerprint density at radius 1 is 1.57 bits per heavy atom. The number of hydrogen-bond donors (Lipinski definition) is 1. The molecule has 2 nitrogen and oxygen atoms in total. The van der Waals surface area contributed by atoms with E-state index in [4.69, 9.17) is 0 Å². The highest BCUT2D eigenvalue weighted by Gasteiger charge is 1.99. The van der Waals surface area contributed by atoms with Crippen LogP contribution in [-0.2, 0) is 0 Å². The highest BCUT2D eigenvalue weighted by atomic mass is 19.1. The summed E-state index contributed by atoms with van der Waals surface area (Å²) in [7, 11) is 1.76. The lowest BCUT2D eigenvalue weighted by Crippen LogP contribution is -2.04. The summed E-state index contributed by atoms with van der Waals surface area (Å²) in [5.41, 5.74) is 0.632. The standard InChI is InChI=1S/C11H10FNO/c1-13-6-2-3-10-5-4-9(8-14)7-11(10)12/h4-5,7-8,13H,6H2,1H3. The molecule has 1 N–H and O–H groups in total.